The van der Waals surface area contributed by atoms with Crippen molar-refractivity contribution in [1.82, 2.24) is 5.01 Å². The molecule has 0 amide bonds. The van der Waals surface area contributed by atoms with Crippen LogP contribution < -0.4 is 4.90 Å². The molecule has 1 saturated heterocycles. The molecule has 3 rings (SSSR count). The first-order chi connectivity index (χ1) is 10.2. The first-order valence-electron chi connectivity index (χ1n) is 7.06. The second-order valence-corrected chi connectivity index (χ2v) is 5.55. The highest BCUT2D eigenvalue weighted by atomic mass is 35.5. The van der Waals surface area contributed by atoms with Gasteiger partial charge < -0.3 is 9.32 Å². The Balaban J connectivity index is 1.55. The van der Waals surface area contributed by atoms with Gasteiger partial charge in [0.2, 0.25) is 0 Å². The van der Waals surface area contributed by atoms with Crippen molar-refractivity contribution >= 4 is 23.5 Å². The largest absolute Gasteiger partial charge is 0.460 e. The number of piperazine rings is 1. The molecule has 1 aliphatic heterocycles. The fraction of sp³-hybridized carbons (Fsp3) is 0.312. The normalized spacial score (nSPS) is 15.9. The van der Waals surface area contributed by atoms with Crippen LogP contribution in [-0.2, 0) is 0 Å². The third-order valence-electron chi connectivity index (χ3n) is 3.56. The molecule has 0 atom stereocenters. The number of hydrogen-bond donors (Lipinski definition) is 0. The smallest absolute Gasteiger partial charge is 0.147 e. The lowest BCUT2D eigenvalue weighted by Gasteiger charge is -2.34. The molecule has 110 valence electrons. The van der Waals surface area contributed by atoms with Crippen molar-refractivity contribution < 1.29 is 4.42 Å². The molecule has 0 unspecified atom stereocenters. The van der Waals surface area contributed by atoms with Gasteiger partial charge in [-0.3, -0.25) is 5.01 Å². The summed E-state index contributed by atoms with van der Waals surface area (Å²) in [5.41, 5.74) is 1.21. The average Bonchev–Trinajstić information content (AvgIpc) is 2.92. The topological polar surface area (TPSA) is 32.0 Å². The Bertz CT molecular complexity index is 613. The fourth-order valence-electron chi connectivity index (χ4n) is 2.38. The second kappa shape index (κ2) is 6.22. The minimum absolute atomic E-state index is 0.774. The van der Waals surface area contributed by atoms with E-state index in [4.69, 9.17) is 16.0 Å². The lowest BCUT2D eigenvalue weighted by molar-refractivity contribution is 0.271. The Hall–Kier alpha value is -1.94. The number of anilines is 1. The van der Waals surface area contributed by atoms with Gasteiger partial charge in [-0.1, -0.05) is 11.6 Å². The third kappa shape index (κ3) is 3.58. The van der Waals surface area contributed by atoms with E-state index in [2.05, 4.69) is 27.1 Å². The van der Waals surface area contributed by atoms with Crippen molar-refractivity contribution in [2.24, 2.45) is 5.10 Å². The van der Waals surface area contributed by atoms with E-state index < -0.39 is 0 Å². The highest BCUT2D eigenvalue weighted by Gasteiger charge is 2.15. The Kier molecular flexibility index (Phi) is 4.15. The van der Waals surface area contributed by atoms with E-state index in [9.17, 15) is 0 Å². The molecule has 21 heavy (non-hydrogen) atoms. The van der Waals surface area contributed by atoms with E-state index in [1.807, 2.05) is 31.2 Å². The molecule has 2 aromatic rings. The number of furan rings is 1. The molecule has 1 aromatic carbocycles. The molecule has 1 aliphatic rings. The molecule has 1 fully saturated rings. The fourth-order valence-corrected chi connectivity index (χ4v) is 2.51. The summed E-state index contributed by atoms with van der Waals surface area (Å²) in [4.78, 5) is 2.35. The molecular formula is C16H18ClN3O. The van der Waals surface area contributed by atoms with Gasteiger partial charge in [0.25, 0.3) is 0 Å². The summed E-state index contributed by atoms with van der Waals surface area (Å²) < 4.78 is 5.48. The first-order valence-corrected chi connectivity index (χ1v) is 7.44. The van der Waals surface area contributed by atoms with Crippen LogP contribution in [0.3, 0.4) is 0 Å². The summed E-state index contributed by atoms with van der Waals surface area (Å²) in [5.74, 6) is 1.71. The minimum Gasteiger partial charge on any atom is -0.460 e. The van der Waals surface area contributed by atoms with E-state index in [-0.39, 0.29) is 0 Å². The molecule has 0 N–H and O–H groups in total. The van der Waals surface area contributed by atoms with Gasteiger partial charge in [-0.15, -0.1) is 0 Å². The highest BCUT2D eigenvalue weighted by Crippen LogP contribution is 2.19. The van der Waals surface area contributed by atoms with Gasteiger partial charge in [0.05, 0.1) is 19.3 Å². The number of rotatable bonds is 3. The Morgan fingerprint density at radius 2 is 1.76 bits per heavy atom. The van der Waals surface area contributed by atoms with E-state index in [1.165, 1.54) is 5.69 Å². The highest BCUT2D eigenvalue weighted by molar-refractivity contribution is 6.30. The van der Waals surface area contributed by atoms with Gasteiger partial charge >= 0.3 is 0 Å². The number of nitrogens with zero attached hydrogens (tertiary/aromatic N) is 3. The number of hydrazone groups is 1. The summed E-state index contributed by atoms with van der Waals surface area (Å²) in [6.07, 6.45) is 1.78. The number of aryl methyl sites for hydroxylation is 1. The first kappa shape index (κ1) is 14.0. The summed E-state index contributed by atoms with van der Waals surface area (Å²) in [7, 11) is 0. The molecule has 0 spiro atoms. The summed E-state index contributed by atoms with van der Waals surface area (Å²) in [6.45, 7) is 5.65. The quantitative estimate of drug-likeness (QED) is 0.815. The van der Waals surface area contributed by atoms with Crippen molar-refractivity contribution in [3.63, 3.8) is 0 Å². The molecule has 0 bridgehead atoms. The Labute approximate surface area is 129 Å². The summed E-state index contributed by atoms with van der Waals surface area (Å²) in [5, 5.41) is 7.32. The molecule has 4 nitrogen and oxygen atoms in total. The van der Waals surface area contributed by atoms with E-state index >= 15 is 0 Å². The zero-order valence-corrected chi connectivity index (χ0v) is 12.8. The molecule has 0 saturated carbocycles. The van der Waals surface area contributed by atoms with Crippen LogP contribution >= 0.6 is 11.6 Å². The third-order valence-corrected chi connectivity index (χ3v) is 3.81. The predicted molar refractivity (Wildman–Crippen MR) is 86.3 cm³/mol. The molecule has 0 radical (unpaired) electrons. The van der Waals surface area contributed by atoms with Crippen LogP contribution in [0.5, 0.6) is 0 Å². The van der Waals surface area contributed by atoms with Gasteiger partial charge in [0.1, 0.15) is 11.5 Å². The predicted octanol–water partition coefficient (Wildman–Crippen LogP) is 3.40. The van der Waals surface area contributed by atoms with Gasteiger partial charge in [-0.25, -0.2) is 0 Å². The van der Waals surface area contributed by atoms with E-state index in [1.54, 1.807) is 6.21 Å². The Morgan fingerprint density at radius 1 is 1.05 bits per heavy atom. The van der Waals surface area contributed by atoms with Gasteiger partial charge in [0.15, 0.2) is 0 Å². The van der Waals surface area contributed by atoms with E-state index in [0.717, 1.165) is 42.7 Å². The SMILES string of the molecule is Cc1ccc(C=NN2CCN(c3ccc(Cl)cc3)CC2)o1. The minimum atomic E-state index is 0.774. The number of benzene rings is 1. The zero-order chi connectivity index (χ0) is 14.7. The molecule has 5 heteroatoms. The van der Waals surface area contributed by atoms with Crippen LogP contribution in [0, 0.1) is 6.92 Å². The van der Waals surface area contributed by atoms with Crippen LogP contribution in [0.4, 0.5) is 5.69 Å². The average molecular weight is 304 g/mol. The number of halogens is 1. The van der Waals surface area contributed by atoms with Crippen LogP contribution in [0.25, 0.3) is 0 Å². The zero-order valence-electron chi connectivity index (χ0n) is 12.0. The van der Waals surface area contributed by atoms with Crippen molar-refractivity contribution in [1.29, 1.82) is 0 Å². The van der Waals surface area contributed by atoms with Gasteiger partial charge in [0, 0.05) is 23.8 Å². The maximum atomic E-state index is 5.92. The van der Waals surface area contributed by atoms with Crippen LogP contribution in [-0.4, -0.2) is 37.4 Å². The van der Waals surface area contributed by atoms with Gasteiger partial charge in [-0.05, 0) is 43.3 Å². The maximum absolute atomic E-state index is 5.92. The lowest BCUT2D eigenvalue weighted by atomic mass is 10.2. The molecule has 1 aromatic heterocycles. The van der Waals surface area contributed by atoms with Crippen molar-refractivity contribution in [3.8, 4) is 0 Å². The van der Waals surface area contributed by atoms with Crippen molar-refractivity contribution in [2.75, 3.05) is 31.1 Å². The molecule has 0 aliphatic carbocycles. The van der Waals surface area contributed by atoms with Crippen LogP contribution in [0.15, 0.2) is 45.9 Å². The summed E-state index contributed by atoms with van der Waals surface area (Å²) >= 11 is 5.92. The molecule has 2 heterocycles. The lowest BCUT2D eigenvalue weighted by Crippen LogP contribution is -2.44. The second-order valence-electron chi connectivity index (χ2n) is 5.11. The van der Waals surface area contributed by atoms with Crippen LogP contribution in [0.2, 0.25) is 5.02 Å². The van der Waals surface area contributed by atoms with Gasteiger partial charge in [-0.2, -0.15) is 5.10 Å². The standard InChI is InChI=1S/C16H18ClN3O/c1-13-2-7-16(21-13)12-18-20-10-8-19(9-11-20)15-5-3-14(17)4-6-15/h2-7,12H,8-11H2,1H3. The number of hydrogen-bond acceptors (Lipinski definition) is 4. The molecular weight excluding hydrogens is 286 g/mol. The summed E-state index contributed by atoms with van der Waals surface area (Å²) in [6, 6.07) is 11.9. The van der Waals surface area contributed by atoms with E-state index in [0.29, 0.717) is 0 Å². The Morgan fingerprint density at radius 3 is 2.38 bits per heavy atom. The maximum Gasteiger partial charge on any atom is 0.147 e. The van der Waals surface area contributed by atoms with Crippen LogP contribution in [0.1, 0.15) is 11.5 Å². The monoisotopic (exact) mass is 303 g/mol. The van der Waals surface area contributed by atoms with Crippen molar-refractivity contribution in [3.05, 3.63) is 52.9 Å². The van der Waals surface area contributed by atoms with Crippen molar-refractivity contribution in [2.45, 2.75) is 6.92 Å².